The van der Waals surface area contributed by atoms with Crippen molar-refractivity contribution in [1.29, 1.82) is 0 Å². The van der Waals surface area contributed by atoms with E-state index in [4.69, 9.17) is 26.4 Å². The number of amides is 1. The Kier molecular flexibility index (Phi) is 17.8. The maximum absolute atomic E-state index is 12.4. The quantitative estimate of drug-likeness (QED) is 0.196. The van der Waals surface area contributed by atoms with Gasteiger partial charge in [0.25, 0.3) is 0 Å². The number of ether oxygens (including phenoxy) is 3. The number of aryl methyl sites for hydroxylation is 1. The summed E-state index contributed by atoms with van der Waals surface area (Å²) in [6.07, 6.45) is 7.03. The van der Waals surface area contributed by atoms with Crippen LogP contribution in [0.5, 0.6) is 0 Å². The van der Waals surface area contributed by atoms with Crippen molar-refractivity contribution in [1.82, 2.24) is 5.32 Å². The van der Waals surface area contributed by atoms with E-state index in [1.54, 1.807) is 0 Å². The predicted octanol–water partition coefficient (Wildman–Crippen LogP) is 5.27. The fourth-order valence-corrected chi connectivity index (χ4v) is 3.38. The Morgan fingerprint density at radius 3 is 2.09 bits per heavy atom. The number of rotatable bonds is 20. The maximum Gasteiger partial charge on any atom is 0.224 e. The monoisotopic (exact) mass is 480 g/mol. The zero-order chi connectivity index (χ0) is 24.2. The molecule has 0 saturated heterocycles. The first-order valence-corrected chi connectivity index (χ1v) is 13.0. The molecular formula is C26H44N2O4S. The third-order valence-electron chi connectivity index (χ3n) is 5.04. The summed E-state index contributed by atoms with van der Waals surface area (Å²) in [5.41, 5.74) is 2.89. The summed E-state index contributed by atoms with van der Waals surface area (Å²) in [6.45, 7) is 11.4. The topological polar surface area (TPSA) is 68.8 Å². The van der Waals surface area contributed by atoms with Gasteiger partial charge >= 0.3 is 0 Å². The standard InChI is InChI=1S/C26H44N2O4S/c1-4-7-14-27-26(33)23-13-12-22(6-3)24(21-23)28-25(29)11-8-16-31-18-10-20-32-19-9-17-30-15-5-2/h12-13,21H,4-11,14-20H2,1-3H3,(H,27,33)(H,28,29). The van der Waals surface area contributed by atoms with Crippen LogP contribution in [0, 0.1) is 0 Å². The van der Waals surface area contributed by atoms with E-state index in [0.717, 1.165) is 86.7 Å². The Balaban J connectivity index is 2.21. The lowest BCUT2D eigenvalue weighted by atomic mass is 10.1. The minimum atomic E-state index is 0.00364. The van der Waals surface area contributed by atoms with Crippen molar-refractivity contribution in [2.24, 2.45) is 0 Å². The Labute approximate surface area is 206 Å². The number of nitrogens with one attached hydrogen (secondary N) is 2. The summed E-state index contributed by atoms with van der Waals surface area (Å²) < 4.78 is 16.6. The average molecular weight is 481 g/mol. The van der Waals surface area contributed by atoms with Gasteiger partial charge in [0.15, 0.2) is 0 Å². The van der Waals surface area contributed by atoms with Crippen molar-refractivity contribution in [2.75, 3.05) is 51.5 Å². The number of hydrogen-bond acceptors (Lipinski definition) is 5. The van der Waals surface area contributed by atoms with Crippen LogP contribution in [0.3, 0.4) is 0 Å². The molecule has 0 fully saturated rings. The molecule has 0 spiro atoms. The van der Waals surface area contributed by atoms with Crippen LogP contribution in [0.25, 0.3) is 0 Å². The highest BCUT2D eigenvalue weighted by Crippen LogP contribution is 2.19. The average Bonchev–Trinajstić information content (AvgIpc) is 2.82. The number of carbonyl (C=O) groups excluding carboxylic acids is 1. The van der Waals surface area contributed by atoms with Gasteiger partial charge in [-0.1, -0.05) is 51.5 Å². The molecule has 6 nitrogen and oxygen atoms in total. The summed E-state index contributed by atoms with van der Waals surface area (Å²) in [5.74, 6) is 0.00364. The maximum atomic E-state index is 12.4. The number of benzene rings is 1. The molecule has 0 aliphatic carbocycles. The summed E-state index contributed by atoms with van der Waals surface area (Å²) in [5, 5.41) is 6.34. The van der Waals surface area contributed by atoms with Crippen molar-refractivity contribution in [3.63, 3.8) is 0 Å². The van der Waals surface area contributed by atoms with Crippen LogP contribution in [0.15, 0.2) is 18.2 Å². The highest BCUT2D eigenvalue weighted by molar-refractivity contribution is 7.80. The van der Waals surface area contributed by atoms with Crippen molar-refractivity contribution in [3.05, 3.63) is 29.3 Å². The Morgan fingerprint density at radius 1 is 0.848 bits per heavy atom. The molecule has 1 amide bonds. The number of carbonyl (C=O) groups is 1. The highest BCUT2D eigenvalue weighted by Gasteiger charge is 2.09. The zero-order valence-electron chi connectivity index (χ0n) is 20.9. The highest BCUT2D eigenvalue weighted by atomic mass is 32.1. The predicted molar refractivity (Wildman–Crippen MR) is 140 cm³/mol. The molecular weight excluding hydrogens is 436 g/mol. The first kappa shape index (κ1) is 29.5. The summed E-state index contributed by atoms with van der Waals surface area (Å²) >= 11 is 5.50. The molecule has 1 aromatic rings. The number of hydrogen-bond donors (Lipinski definition) is 2. The molecule has 0 unspecified atom stereocenters. The third-order valence-corrected chi connectivity index (χ3v) is 5.42. The molecule has 0 saturated carbocycles. The lowest BCUT2D eigenvalue weighted by molar-refractivity contribution is -0.116. The van der Waals surface area contributed by atoms with Gasteiger partial charge in [0, 0.05) is 63.9 Å². The Hall–Kier alpha value is -1.54. The minimum absolute atomic E-state index is 0.00364. The molecule has 33 heavy (non-hydrogen) atoms. The van der Waals surface area contributed by atoms with Gasteiger partial charge in [-0.2, -0.15) is 0 Å². The second-order valence-corrected chi connectivity index (χ2v) is 8.44. The lowest BCUT2D eigenvalue weighted by Gasteiger charge is -2.14. The van der Waals surface area contributed by atoms with Crippen LogP contribution in [-0.4, -0.2) is 57.1 Å². The summed E-state index contributed by atoms with van der Waals surface area (Å²) in [4.78, 5) is 13.2. The van der Waals surface area contributed by atoms with Crippen molar-refractivity contribution < 1.29 is 19.0 Å². The molecule has 0 bridgehead atoms. The molecule has 0 aliphatic rings. The molecule has 0 aliphatic heterocycles. The molecule has 0 aromatic heterocycles. The molecule has 1 rings (SSSR count). The summed E-state index contributed by atoms with van der Waals surface area (Å²) in [7, 11) is 0. The molecule has 188 valence electrons. The number of anilines is 1. The zero-order valence-corrected chi connectivity index (χ0v) is 21.7. The second kappa shape index (κ2) is 19.9. The van der Waals surface area contributed by atoms with Gasteiger partial charge in [0.1, 0.15) is 4.99 Å². The van der Waals surface area contributed by atoms with Crippen molar-refractivity contribution >= 4 is 28.8 Å². The molecule has 0 atom stereocenters. The second-order valence-electron chi connectivity index (χ2n) is 8.03. The van der Waals surface area contributed by atoms with Gasteiger partial charge < -0.3 is 24.8 Å². The van der Waals surface area contributed by atoms with Crippen LogP contribution in [-0.2, 0) is 25.4 Å². The van der Waals surface area contributed by atoms with Gasteiger partial charge in [-0.3, -0.25) is 4.79 Å². The van der Waals surface area contributed by atoms with E-state index in [-0.39, 0.29) is 5.91 Å². The van der Waals surface area contributed by atoms with E-state index in [0.29, 0.717) is 32.7 Å². The van der Waals surface area contributed by atoms with E-state index >= 15 is 0 Å². The van der Waals surface area contributed by atoms with E-state index < -0.39 is 0 Å². The van der Waals surface area contributed by atoms with Crippen LogP contribution < -0.4 is 10.6 Å². The van der Waals surface area contributed by atoms with Gasteiger partial charge in [-0.05, 0) is 50.2 Å². The molecule has 2 N–H and O–H groups in total. The molecule has 0 radical (unpaired) electrons. The lowest BCUT2D eigenvalue weighted by Crippen LogP contribution is -2.23. The largest absolute Gasteiger partial charge is 0.381 e. The smallest absolute Gasteiger partial charge is 0.224 e. The SMILES string of the molecule is CCCCNC(=S)c1ccc(CC)c(NC(=O)CCCOCCCOCCCOCCC)c1. The number of thiocarbonyl (C=S) groups is 1. The van der Waals surface area contributed by atoms with Crippen LogP contribution in [0.1, 0.15) is 76.8 Å². The molecule has 1 aromatic carbocycles. The van der Waals surface area contributed by atoms with E-state index in [2.05, 4.69) is 31.4 Å². The first-order chi connectivity index (χ1) is 16.1. The van der Waals surface area contributed by atoms with E-state index in [1.165, 1.54) is 0 Å². The number of unbranched alkanes of at least 4 members (excludes halogenated alkanes) is 1. The summed E-state index contributed by atoms with van der Waals surface area (Å²) in [6, 6.07) is 6.04. The fourth-order valence-electron chi connectivity index (χ4n) is 3.15. The van der Waals surface area contributed by atoms with Gasteiger partial charge in [0.05, 0.1) is 0 Å². The Bertz CT molecular complexity index is 670. The van der Waals surface area contributed by atoms with Crippen LogP contribution >= 0.6 is 12.2 Å². The van der Waals surface area contributed by atoms with E-state index in [1.807, 2.05) is 18.2 Å². The van der Waals surface area contributed by atoms with Crippen LogP contribution in [0.2, 0.25) is 0 Å². The third kappa shape index (κ3) is 14.4. The van der Waals surface area contributed by atoms with Crippen molar-refractivity contribution in [2.45, 2.75) is 72.1 Å². The fraction of sp³-hybridized carbons (Fsp3) is 0.692. The molecule has 7 heteroatoms. The normalized spacial score (nSPS) is 10.9. The molecule has 0 heterocycles. The minimum Gasteiger partial charge on any atom is -0.381 e. The first-order valence-electron chi connectivity index (χ1n) is 12.6. The van der Waals surface area contributed by atoms with E-state index in [9.17, 15) is 4.79 Å². The van der Waals surface area contributed by atoms with Gasteiger partial charge in [-0.25, -0.2) is 0 Å². The van der Waals surface area contributed by atoms with Crippen LogP contribution in [0.4, 0.5) is 5.69 Å². The van der Waals surface area contributed by atoms with Gasteiger partial charge in [0.2, 0.25) is 5.91 Å². The Morgan fingerprint density at radius 2 is 1.48 bits per heavy atom. The van der Waals surface area contributed by atoms with Crippen molar-refractivity contribution in [3.8, 4) is 0 Å². The van der Waals surface area contributed by atoms with Gasteiger partial charge in [-0.15, -0.1) is 0 Å².